The molecule has 4 nitrogen and oxygen atoms in total. The number of rotatable bonds is 4. The first-order valence-corrected chi connectivity index (χ1v) is 8.32. The lowest BCUT2D eigenvalue weighted by atomic mass is 9.94. The minimum Gasteiger partial charge on any atom is -0.311 e. The second-order valence-corrected chi connectivity index (χ2v) is 6.31. The van der Waals surface area contributed by atoms with Crippen LogP contribution in [0.1, 0.15) is 35.8 Å². The highest BCUT2D eigenvalue weighted by Gasteiger charge is 2.22. The Morgan fingerprint density at radius 3 is 2.92 bits per heavy atom. The van der Waals surface area contributed by atoms with Gasteiger partial charge in [-0.2, -0.15) is 0 Å². The number of likely N-dealkylation sites (tertiary alicyclic amines) is 1. The average molecular weight is 327 g/mol. The number of piperidine rings is 1. The van der Waals surface area contributed by atoms with E-state index < -0.39 is 0 Å². The zero-order chi connectivity index (χ0) is 16.9. The first-order chi connectivity index (χ1) is 11.6. The lowest BCUT2D eigenvalue weighted by molar-refractivity contribution is 0.226. The molecule has 1 fully saturated rings. The van der Waals surface area contributed by atoms with E-state index in [0.717, 1.165) is 43.7 Å². The molecule has 1 aliphatic rings. The number of hydrogen-bond donors (Lipinski definition) is 1. The van der Waals surface area contributed by atoms with Crippen molar-refractivity contribution in [2.75, 3.05) is 19.6 Å². The van der Waals surface area contributed by atoms with Gasteiger partial charge in [-0.25, -0.2) is 9.37 Å². The number of nitrogens with zero attached hydrogens (tertiary/aromatic N) is 2. The standard InChI is InChI=1S/C19H22FN3O/c1-14-21-18(12-19(24)22-14)16-5-3-11-23(13-16)10-2-4-15-6-8-17(20)9-7-15/h2,4,6-9,12,16H,3,5,10-11,13H2,1H3,(H,21,22,24)/b4-2+/t16-/m0/s1. The van der Waals surface area contributed by atoms with E-state index in [9.17, 15) is 9.18 Å². The van der Waals surface area contributed by atoms with Gasteiger partial charge in [0.25, 0.3) is 5.56 Å². The average Bonchev–Trinajstić information content (AvgIpc) is 2.56. The quantitative estimate of drug-likeness (QED) is 0.939. The van der Waals surface area contributed by atoms with E-state index in [1.54, 1.807) is 18.2 Å². The van der Waals surface area contributed by atoms with Crippen LogP contribution in [0.25, 0.3) is 6.08 Å². The van der Waals surface area contributed by atoms with Crippen molar-refractivity contribution < 1.29 is 4.39 Å². The molecule has 24 heavy (non-hydrogen) atoms. The summed E-state index contributed by atoms with van der Waals surface area (Å²) in [5.41, 5.74) is 1.81. The summed E-state index contributed by atoms with van der Waals surface area (Å²) >= 11 is 0. The topological polar surface area (TPSA) is 49.0 Å². The molecule has 0 amide bonds. The predicted molar refractivity (Wildman–Crippen MR) is 93.4 cm³/mol. The van der Waals surface area contributed by atoms with Gasteiger partial charge >= 0.3 is 0 Å². The highest BCUT2D eigenvalue weighted by atomic mass is 19.1. The van der Waals surface area contributed by atoms with Gasteiger partial charge in [0.15, 0.2) is 0 Å². The normalized spacial score (nSPS) is 19.0. The fourth-order valence-electron chi connectivity index (χ4n) is 3.19. The summed E-state index contributed by atoms with van der Waals surface area (Å²) in [6.45, 7) is 4.61. The van der Waals surface area contributed by atoms with Crippen molar-refractivity contribution >= 4 is 6.08 Å². The molecule has 3 rings (SSSR count). The molecule has 1 aliphatic heterocycles. The van der Waals surface area contributed by atoms with Gasteiger partial charge in [-0.05, 0) is 44.0 Å². The Labute approximate surface area is 141 Å². The first-order valence-electron chi connectivity index (χ1n) is 8.32. The van der Waals surface area contributed by atoms with Crippen LogP contribution in [-0.4, -0.2) is 34.5 Å². The molecule has 2 heterocycles. The Morgan fingerprint density at radius 2 is 2.17 bits per heavy atom. The Hall–Kier alpha value is -2.27. The molecule has 1 aromatic heterocycles. The van der Waals surface area contributed by atoms with Crippen LogP contribution in [0.5, 0.6) is 0 Å². The molecular formula is C19H22FN3O. The number of hydrogen-bond acceptors (Lipinski definition) is 3. The third kappa shape index (κ3) is 4.38. The minimum atomic E-state index is -0.216. The SMILES string of the molecule is Cc1nc([C@H]2CCCN(C/C=C/c3ccc(F)cc3)C2)cc(=O)[nH]1. The summed E-state index contributed by atoms with van der Waals surface area (Å²) in [4.78, 5) is 21.2. The van der Waals surface area contributed by atoms with Crippen LogP contribution < -0.4 is 5.56 Å². The zero-order valence-corrected chi connectivity index (χ0v) is 13.8. The van der Waals surface area contributed by atoms with Gasteiger partial charge in [-0.1, -0.05) is 24.3 Å². The molecule has 0 saturated carbocycles. The summed E-state index contributed by atoms with van der Waals surface area (Å²) < 4.78 is 12.9. The number of aromatic nitrogens is 2. The summed E-state index contributed by atoms with van der Waals surface area (Å²) in [7, 11) is 0. The Bertz CT molecular complexity index is 767. The molecule has 126 valence electrons. The number of halogens is 1. The van der Waals surface area contributed by atoms with Crippen molar-refractivity contribution in [3.05, 3.63) is 69.7 Å². The molecule has 5 heteroatoms. The van der Waals surface area contributed by atoms with Gasteiger partial charge < -0.3 is 4.98 Å². The summed E-state index contributed by atoms with van der Waals surface area (Å²) in [6, 6.07) is 8.10. The van der Waals surface area contributed by atoms with Crippen LogP contribution in [0.2, 0.25) is 0 Å². The molecule has 2 aromatic rings. The molecule has 0 unspecified atom stereocenters. The molecule has 1 aromatic carbocycles. The van der Waals surface area contributed by atoms with Crippen molar-refractivity contribution in [2.45, 2.75) is 25.7 Å². The maximum Gasteiger partial charge on any atom is 0.251 e. The van der Waals surface area contributed by atoms with Gasteiger partial charge in [0.2, 0.25) is 0 Å². The van der Waals surface area contributed by atoms with Gasteiger partial charge in [0, 0.05) is 25.1 Å². The van der Waals surface area contributed by atoms with Crippen LogP contribution in [0.3, 0.4) is 0 Å². The molecule has 0 spiro atoms. The van der Waals surface area contributed by atoms with Crippen LogP contribution in [0.4, 0.5) is 4.39 Å². The van der Waals surface area contributed by atoms with E-state index in [1.807, 2.05) is 13.0 Å². The smallest absolute Gasteiger partial charge is 0.251 e. The van der Waals surface area contributed by atoms with Crippen molar-refractivity contribution in [1.29, 1.82) is 0 Å². The molecule has 1 saturated heterocycles. The Morgan fingerprint density at radius 1 is 1.38 bits per heavy atom. The van der Waals surface area contributed by atoms with Crippen LogP contribution in [0.15, 0.2) is 41.2 Å². The van der Waals surface area contributed by atoms with Crippen LogP contribution in [0, 0.1) is 12.7 Å². The van der Waals surface area contributed by atoms with Crippen LogP contribution >= 0.6 is 0 Å². The minimum absolute atomic E-state index is 0.0779. The second kappa shape index (κ2) is 7.53. The molecule has 0 aliphatic carbocycles. The summed E-state index contributed by atoms with van der Waals surface area (Å²) in [5, 5.41) is 0. The third-order valence-electron chi connectivity index (χ3n) is 4.35. The van der Waals surface area contributed by atoms with Crippen molar-refractivity contribution in [1.82, 2.24) is 14.9 Å². The fourth-order valence-corrected chi connectivity index (χ4v) is 3.19. The molecular weight excluding hydrogens is 305 g/mol. The lowest BCUT2D eigenvalue weighted by Crippen LogP contribution is -2.35. The van der Waals surface area contributed by atoms with Gasteiger partial charge in [0.05, 0.1) is 5.69 Å². The van der Waals surface area contributed by atoms with Gasteiger partial charge in [0.1, 0.15) is 11.6 Å². The number of aryl methyl sites for hydroxylation is 1. The Balaban J connectivity index is 1.61. The summed E-state index contributed by atoms with van der Waals surface area (Å²) in [6.07, 6.45) is 6.28. The third-order valence-corrected chi connectivity index (χ3v) is 4.35. The van der Waals surface area contributed by atoms with E-state index in [0.29, 0.717) is 11.7 Å². The van der Waals surface area contributed by atoms with E-state index in [4.69, 9.17) is 0 Å². The maximum absolute atomic E-state index is 12.9. The van der Waals surface area contributed by atoms with Crippen molar-refractivity contribution in [3.63, 3.8) is 0 Å². The molecule has 0 bridgehead atoms. The highest BCUT2D eigenvalue weighted by molar-refractivity contribution is 5.48. The lowest BCUT2D eigenvalue weighted by Gasteiger charge is -2.31. The predicted octanol–water partition coefficient (Wildman–Crippen LogP) is 3.11. The van der Waals surface area contributed by atoms with E-state index in [1.165, 1.54) is 12.1 Å². The van der Waals surface area contributed by atoms with E-state index in [2.05, 4.69) is 20.9 Å². The molecule has 1 N–H and O–H groups in total. The monoisotopic (exact) mass is 327 g/mol. The van der Waals surface area contributed by atoms with E-state index >= 15 is 0 Å². The van der Waals surface area contributed by atoms with Gasteiger partial charge in [-0.15, -0.1) is 0 Å². The van der Waals surface area contributed by atoms with Crippen molar-refractivity contribution in [3.8, 4) is 0 Å². The largest absolute Gasteiger partial charge is 0.311 e. The number of benzene rings is 1. The Kier molecular flexibility index (Phi) is 5.20. The number of aromatic amines is 1. The summed E-state index contributed by atoms with van der Waals surface area (Å²) in [5.74, 6) is 0.761. The molecule has 1 atom stereocenters. The number of nitrogens with one attached hydrogen (secondary N) is 1. The molecule has 0 radical (unpaired) electrons. The first kappa shape index (κ1) is 16.6. The maximum atomic E-state index is 12.9. The zero-order valence-electron chi connectivity index (χ0n) is 13.8. The van der Waals surface area contributed by atoms with E-state index in [-0.39, 0.29) is 11.4 Å². The number of H-pyrrole nitrogens is 1. The van der Waals surface area contributed by atoms with Crippen molar-refractivity contribution in [2.24, 2.45) is 0 Å². The van der Waals surface area contributed by atoms with Gasteiger partial charge in [-0.3, -0.25) is 9.69 Å². The highest BCUT2D eigenvalue weighted by Crippen LogP contribution is 2.24. The van der Waals surface area contributed by atoms with Crippen LogP contribution in [-0.2, 0) is 0 Å². The fraction of sp³-hybridized carbons (Fsp3) is 0.368. The second-order valence-electron chi connectivity index (χ2n) is 6.31.